The Morgan fingerprint density at radius 2 is 2.15 bits per heavy atom. The monoisotopic (exact) mass is 392 g/mol. The van der Waals surface area contributed by atoms with E-state index in [0.29, 0.717) is 23.4 Å². The van der Waals surface area contributed by atoms with E-state index in [2.05, 4.69) is 15.5 Å². The predicted molar refractivity (Wildman–Crippen MR) is 97.2 cm³/mol. The Kier molecular flexibility index (Phi) is 3.92. The van der Waals surface area contributed by atoms with Crippen LogP contribution in [0.25, 0.3) is 0 Å². The topological polar surface area (TPSA) is 103 Å². The van der Waals surface area contributed by atoms with Crippen molar-refractivity contribution in [2.45, 2.75) is 32.2 Å². The molecule has 142 valence electrons. The highest BCUT2D eigenvalue weighted by Gasteiger charge is 2.61. The van der Waals surface area contributed by atoms with Crippen molar-refractivity contribution in [1.29, 1.82) is 0 Å². The summed E-state index contributed by atoms with van der Waals surface area (Å²) in [4.78, 5) is 16.9. The lowest BCUT2D eigenvalue weighted by atomic mass is 9.76. The molecule has 1 aliphatic heterocycles. The number of benzene rings is 1. The van der Waals surface area contributed by atoms with E-state index in [-0.39, 0.29) is 22.4 Å². The van der Waals surface area contributed by atoms with Gasteiger partial charge in [-0.15, -0.1) is 0 Å². The fourth-order valence-electron chi connectivity index (χ4n) is 3.55. The number of nitrogens with one attached hydrogen (secondary N) is 1. The maximum absolute atomic E-state index is 14.7. The number of ether oxygens (including phenoxy) is 1. The average molecular weight is 393 g/mol. The van der Waals surface area contributed by atoms with Gasteiger partial charge in [-0.1, -0.05) is 5.16 Å². The number of hydrogen-bond acceptors (Lipinski definition) is 6. The maximum Gasteiger partial charge on any atom is 0.282 e. The third kappa shape index (κ3) is 2.75. The van der Waals surface area contributed by atoms with Gasteiger partial charge in [0.1, 0.15) is 11.4 Å². The number of anilines is 1. The molecule has 0 radical (unpaired) electrons. The number of amides is 1. The second kappa shape index (κ2) is 5.95. The molecule has 1 amide bonds. The predicted octanol–water partition coefficient (Wildman–Crippen LogP) is 3.37. The van der Waals surface area contributed by atoms with Gasteiger partial charge in [0.2, 0.25) is 5.22 Å². The number of hydrogen-bond donors (Lipinski definition) is 2. The van der Waals surface area contributed by atoms with Crippen LogP contribution in [0, 0.1) is 18.2 Å². The lowest BCUT2D eigenvalue weighted by Crippen LogP contribution is -2.43. The van der Waals surface area contributed by atoms with Crippen molar-refractivity contribution >= 4 is 29.2 Å². The van der Waals surface area contributed by atoms with Gasteiger partial charge in [0.15, 0.2) is 5.69 Å². The summed E-state index contributed by atoms with van der Waals surface area (Å²) in [5.74, 6) is -0.914. The lowest BCUT2D eigenvalue weighted by molar-refractivity contribution is 0.101. The first-order valence-corrected chi connectivity index (χ1v) is 8.85. The van der Waals surface area contributed by atoms with Crippen molar-refractivity contribution < 1.29 is 18.4 Å². The first-order chi connectivity index (χ1) is 12.8. The minimum absolute atomic E-state index is 0.0386. The number of aliphatic imine (C=N–C) groups is 1. The number of carbonyl (C=O) groups is 1. The number of nitrogens with two attached hydrogens (primary N) is 1. The van der Waals surface area contributed by atoms with Crippen LogP contribution in [0.2, 0.25) is 5.22 Å². The van der Waals surface area contributed by atoms with Gasteiger partial charge < -0.3 is 20.3 Å². The maximum atomic E-state index is 14.7. The zero-order valence-corrected chi connectivity index (χ0v) is 15.6. The van der Waals surface area contributed by atoms with Crippen molar-refractivity contribution in [3.63, 3.8) is 0 Å². The number of nitrogens with zero attached hydrogens (tertiary/aromatic N) is 2. The fraction of sp³-hybridized carbons (Fsp3) is 0.389. The Balaban J connectivity index is 1.69. The molecule has 0 unspecified atom stereocenters. The number of rotatable bonds is 3. The van der Waals surface area contributed by atoms with Crippen LogP contribution in [0.4, 0.5) is 10.1 Å². The SMILES string of the molecule is Cc1c(C(=O)Nc2ccc(F)c([C@@]3(C)N=C(N)OCC34CC4)c2)noc1Cl. The largest absolute Gasteiger partial charge is 0.465 e. The van der Waals surface area contributed by atoms with Crippen LogP contribution >= 0.6 is 11.6 Å². The van der Waals surface area contributed by atoms with E-state index in [1.165, 1.54) is 12.1 Å². The van der Waals surface area contributed by atoms with E-state index in [1.807, 2.05) is 6.92 Å². The van der Waals surface area contributed by atoms with Gasteiger partial charge in [0, 0.05) is 22.2 Å². The molecular formula is C18H18ClFN4O3. The van der Waals surface area contributed by atoms with E-state index in [1.54, 1.807) is 13.0 Å². The van der Waals surface area contributed by atoms with Crippen molar-refractivity contribution in [2.24, 2.45) is 16.1 Å². The molecule has 1 aromatic heterocycles. The van der Waals surface area contributed by atoms with E-state index >= 15 is 0 Å². The smallest absolute Gasteiger partial charge is 0.282 e. The molecule has 27 heavy (non-hydrogen) atoms. The molecule has 2 heterocycles. The molecule has 3 N–H and O–H groups in total. The van der Waals surface area contributed by atoms with Crippen LogP contribution < -0.4 is 11.1 Å². The summed E-state index contributed by atoms with van der Waals surface area (Å²) in [7, 11) is 0. The van der Waals surface area contributed by atoms with Crippen LogP contribution in [0.15, 0.2) is 27.7 Å². The van der Waals surface area contributed by atoms with Crippen molar-refractivity contribution in [1.82, 2.24) is 5.16 Å². The molecule has 1 atom stereocenters. The van der Waals surface area contributed by atoms with Gasteiger partial charge in [-0.05, 0) is 56.5 Å². The van der Waals surface area contributed by atoms with Gasteiger partial charge in [0.05, 0.1) is 6.61 Å². The van der Waals surface area contributed by atoms with E-state index in [9.17, 15) is 9.18 Å². The summed E-state index contributed by atoms with van der Waals surface area (Å²) in [6.45, 7) is 3.87. The van der Waals surface area contributed by atoms with Crippen LogP contribution in [0.5, 0.6) is 0 Å². The molecule has 4 rings (SSSR count). The molecule has 1 fully saturated rings. The Bertz CT molecular complexity index is 970. The highest BCUT2D eigenvalue weighted by molar-refractivity contribution is 6.30. The van der Waals surface area contributed by atoms with Gasteiger partial charge in [-0.2, -0.15) is 0 Å². The molecule has 2 aromatic rings. The third-order valence-corrected chi connectivity index (χ3v) is 5.90. The number of amidine groups is 1. The number of halogens is 2. The minimum atomic E-state index is -0.868. The summed E-state index contributed by atoms with van der Waals surface area (Å²) >= 11 is 5.80. The summed E-state index contributed by atoms with van der Waals surface area (Å²) in [5, 5.41) is 6.40. The molecule has 1 aliphatic carbocycles. The first-order valence-electron chi connectivity index (χ1n) is 8.47. The standard InChI is InChI=1S/C18H18ClFN4O3/c1-9-13(24-27-14(9)19)15(25)22-10-3-4-12(20)11(7-10)17(2)18(5-6-18)8-26-16(21)23-17/h3-4,7H,5-6,8H2,1-2H3,(H2,21,23)(H,22,25)/t17-/m1/s1. The molecule has 2 aliphatic rings. The molecule has 7 nitrogen and oxygen atoms in total. The Labute approximate surface area is 159 Å². The lowest BCUT2D eigenvalue weighted by Gasteiger charge is -2.38. The number of aromatic nitrogens is 1. The van der Waals surface area contributed by atoms with E-state index in [0.717, 1.165) is 12.8 Å². The highest BCUT2D eigenvalue weighted by atomic mass is 35.5. The summed E-state index contributed by atoms with van der Waals surface area (Å²) in [6, 6.07) is 4.39. The molecule has 1 saturated carbocycles. The Morgan fingerprint density at radius 3 is 2.78 bits per heavy atom. The van der Waals surface area contributed by atoms with Crippen molar-refractivity contribution in [3.05, 3.63) is 46.1 Å². The third-order valence-electron chi connectivity index (χ3n) is 5.55. The minimum Gasteiger partial charge on any atom is -0.465 e. The molecule has 1 spiro atoms. The van der Waals surface area contributed by atoms with Crippen LogP contribution in [0.3, 0.4) is 0 Å². The first kappa shape index (κ1) is 17.8. The fourth-order valence-corrected chi connectivity index (χ4v) is 3.67. The van der Waals surface area contributed by atoms with Gasteiger partial charge in [-0.3, -0.25) is 4.79 Å². The van der Waals surface area contributed by atoms with Gasteiger partial charge in [-0.25, -0.2) is 9.38 Å². The quantitative estimate of drug-likeness (QED) is 0.833. The summed E-state index contributed by atoms with van der Waals surface area (Å²) < 4.78 is 24.9. The summed E-state index contributed by atoms with van der Waals surface area (Å²) in [5.41, 5.74) is 5.89. The second-order valence-corrected chi connectivity index (χ2v) is 7.51. The van der Waals surface area contributed by atoms with Gasteiger partial charge in [0.25, 0.3) is 11.9 Å². The number of carbonyl (C=O) groups excluding carboxylic acids is 1. The van der Waals surface area contributed by atoms with Gasteiger partial charge >= 0.3 is 0 Å². The zero-order chi connectivity index (χ0) is 19.4. The van der Waals surface area contributed by atoms with E-state index in [4.69, 9.17) is 26.6 Å². The average Bonchev–Trinajstić information content (AvgIpc) is 3.34. The van der Waals surface area contributed by atoms with Crippen LogP contribution in [-0.4, -0.2) is 23.7 Å². The normalized spacial score (nSPS) is 22.9. The Morgan fingerprint density at radius 1 is 1.41 bits per heavy atom. The molecule has 9 heteroatoms. The molecule has 0 saturated heterocycles. The molecule has 0 bridgehead atoms. The van der Waals surface area contributed by atoms with E-state index < -0.39 is 17.3 Å². The van der Waals surface area contributed by atoms with Crippen molar-refractivity contribution in [3.8, 4) is 0 Å². The molecule has 1 aromatic carbocycles. The second-order valence-electron chi connectivity index (χ2n) is 7.17. The Hall–Kier alpha value is -2.61. The molecular weight excluding hydrogens is 375 g/mol. The van der Waals surface area contributed by atoms with Crippen LogP contribution in [-0.2, 0) is 10.3 Å². The van der Waals surface area contributed by atoms with Crippen molar-refractivity contribution in [2.75, 3.05) is 11.9 Å². The summed E-state index contributed by atoms with van der Waals surface area (Å²) in [6.07, 6.45) is 1.74. The highest BCUT2D eigenvalue weighted by Crippen LogP contribution is 2.62. The van der Waals surface area contributed by atoms with Crippen LogP contribution in [0.1, 0.15) is 41.4 Å². The zero-order valence-electron chi connectivity index (χ0n) is 14.8.